The second kappa shape index (κ2) is 24.1. The number of hydrogen-bond acceptors (Lipinski definition) is 4. The molecule has 462 valence electrons. The maximum absolute atomic E-state index is 9.55. The second-order valence-electron chi connectivity index (χ2n) is 27.7. The van der Waals surface area contributed by atoms with Crippen molar-refractivity contribution in [2.24, 2.45) is 0 Å². The summed E-state index contributed by atoms with van der Waals surface area (Å²) < 4.78 is 13.9. The summed E-state index contributed by atoms with van der Waals surface area (Å²) in [5.41, 5.74) is 23.9. The zero-order chi connectivity index (χ0) is 66.3. The van der Waals surface area contributed by atoms with Gasteiger partial charge in [0, 0.05) is 15.3 Å². The Morgan fingerprint density at radius 1 is 0.292 bits per heavy atom. The van der Waals surface area contributed by atoms with Crippen molar-refractivity contribution < 1.29 is 9.31 Å². The first-order valence-electron chi connectivity index (χ1n) is 33.0. The summed E-state index contributed by atoms with van der Waals surface area (Å²) >= 11 is 3.54. The predicted octanol–water partition coefficient (Wildman–Crippen LogP) is 23.4. The Hall–Kier alpha value is -10.4. The number of rotatable bonds is 6. The van der Waals surface area contributed by atoms with Crippen LogP contribution in [0.25, 0.3) is 121 Å². The number of nitriles is 2. The van der Waals surface area contributed by atoms with Crippen LogP contribution in [0.5, 0.6) is 0 Å². The smallest absolute Gasteiger partial charge is 0.399 e. The zero-order valence-corrected chi connectivity index (χ0v) is 56.8. The van der Waals surface area contributed by atoms with Crippen LogP contribution in [-0.4, -0.2) is 18.3 Å². The monoisotopic (exact) mass is 1300 g/mol. The molecule has 0 spiro atoms. The van der Waals surface area contributed by atoms with Gasteiger partial charge in [-0.15, -0.1) is 0 Å². The summed E-state index contributed by atoms with van der Waals surface area (Å²) in [5, 5.41) is 28.6. The summed E-state index contributed by atoms with van der Waals surface area (Å²) in [4.78, 5) is 0. The van der Waals surface area contributed by atoms with E-state index in [1.807, 2.05) is 18.2 Å². The van der Waals surface area contributed by atoms with Gasteiger partial charge in [0.05, 0.1) is 34.5 Å². The van der Waals surface area contributed by atoms with Gasteiger partial charge in [0.2, 0.25) is 0 Å². The SMILES string of the molecule is CC1(C)OB(c2ccc3c(-c4ccccc4)c4ccccc4c(-c4ccccc4)c3c2)OC1(C)C.CC1(C)c2cc(Br)ccc2-c2ccc(C#N)cc21.CC1(C)c2cc(C#N)ccc2-c2ccc(-c3ccc4c(-c5ccccc5)c5ccccc5c(-c5ccccc5)c4c3)cc21. The van der Waals surface area contributed by atoms with E-state index in [2.05, 4.69) is 344 Å². The number of halogens is 1. The molecule has 0 saturated carbocycles. The molecule has 0 bridgehead atoms. The Morgan fingerprint density at radius 3 is 1.02 bits per heavy atom. The molecular weight excluding hydrogens is 1230 g/mol. The Kier molecular flexibility index (Phi) is 15.5. The fourth-order valence-corrected chi connectivity index (χ4v) is 15.5. The van der Waals surface area contributed by atoms with Gasteiger partial charge in [-0.1, -0.05) is 274 Å². The minimum absolute atomic E-state index is 0.0404. The van der Waals surface area contributed by atoms with Gasteiger partial charge in [-0.25, -0.2) is 0 Å². The van der Waals surface area contributed by atoms with Crippen LogP contribution in [-0.2, 0) is 20.1 Å². The third-order valence-corrected chi connectivity index (χ3v) is 21.2. The fourth-order valence-electron chi connectivity index (χ4n) is 15.1. The van der Waals surface area contributed by atoms with Gasteiger partial charge in [-0.2, -0.15) is 10.5 Å². The van der Waals surface area contributed by atoms with Crippen LogP contribution in [0, 0.1) is 22.7 Å². The normalized spacial score (nSPS) is 14.7. The van der Waals surface area contributed by atoms with Gasteiger partial charge >= 0.3 is 7.12 Å². The van der Waals surface area contributed by atoms with Crippen molar-refractivity contribution >= 4 is 71.6 Å². The van der Waals surface area contributed by atoms with Crippen LogP contribution >= 0.6 is 15.9 Å². The molecule has 0 radical (unpaired) electrons. The van der Waals surface area contributed by atoms with E-state index < -0.39 is 7.12 Å². The summed E-state index contributed by atoms with van der Waals surface area (Å²) in [7, 11) is -0.403. The summed E-state index contributed by atoms with van der Waals surface area (Å²) in [5.74, 6) is 0. The molecule has 1 aliphatic heterocycles. The van der Waals surface area contributed by atoms with Crippen LogP contribution in [0.4, 0.5) is 0 Å². The van der Waals surface area contributed by atoms with Crippen LogP contribution in [0.1, 0.15) is 88.8 Å². The van der Waals surface area contributed by atoms with E-state index in [9.17, 15) is 5.26 Å². The molecule has 1 saturated heterocycles. The highest BCUT2D eigenvalue weighted by Gasteiger charge is 2.52. The largest absolute Gasteiger partial charge is 0.494 e. The van der Waals surface area contributed by atoms with Gasteiger partial charge in [0.25, 0.3) is 0 Å². The van der Waals surface area contributed by atoms with E-state index in [4.69, 9.17) is 14.6 Å². The average molecular weight is 1300 g/mol. The van der Waals surface area contributed by atoms with Crippen molar-refractivity contribution in [2.75, 3.05) is 0 Å². The molecule has 0 N–H and O–H groups in total. The first-order valence-corrected chi connectivity index (χ1v) is 33.8. The average Bonchev–Trinajstić information content (AvgIpc) is 1.69. The quantitative estimate of drug-likeness (QED) is 0.123. The Morgan fingerprint density at radius 2 is 0.604 bits per heavy atom. The topological polar surface area (TPSA) is 66.0 Å². The minimum atomic E-state index is -0.403. The van der Waals surface area contributed by atoms with Crippen molar-refractivity contribution in [1.82, 2.24) is 0 Å². The number of fused-ring (bicyclic) bond motifs is 10. The molecule has 2 aliphatic carbocycles. The number of benzene rings is 14. The van der Waals surface area contributed by atoms with Gasteiger partial charge in [-0.05, 0) is 225 Å². The van der Waals surface area contributed by atoms with Crippen molar-refractivity contribution in [1.29, 1.82) is 10.5 Å². The van der Waals surface area contributed by atoms with Crippen molar-refractivity contribution in [3.8, 4) is 90.0 Å². The van der Waals surface area contributed by atoms with E-state index in [1.54, 1.807) is 0 Å². The van der Waals surface area contributed by atoms with Crippen LogP contribution in [0.2, 0.25) is 0 Å². The Balaban J connectivity index is 0.000000128. The van der Waals surface area contributed by atoms with E-state index in [0.717, 1.165) is 15.5 Å². The summed E-state index contributed by atoms with van der Waals surface area (Å²) in [6.45, 7) is 17.4. The molecule has 3 aliphatic rings. The molecule has 0 aromatic heterocycles. The first-order chi connectivity index (χ1) is 46.4. The fraction of sp³-hybridized carbons (Fsp3) is 0.133. The summed E-state index contributed by atoms with van der Waals surface area (Å²) in [6, 6.07) is 104. The third kappa shape index (κ3) is 10.5. The maximum atomic E-state index is 9.55. The molecule has 17 rings (SSSR count). The second-order valence-corrected chi connectivity index (χ2v) is 28.6. The van der Waals surface area contributed by atoms with Crippen molar-refractivity contribution in [3.05, 3.63) is 317 Å². The molecule has 1 fully saturated rings. The lowest BCUT2D eigenvalue weighted by Crippen LogP contribution is -2.41. The number of nitrogens with zero attached hydrogens (tertiary/aromatic N) is 2. The molecule has 0 atom stereocenters. The van der Waals surface area contributed by atoms with E-state index in [0.29, 0.717) is 5.56 Å². The Bertz CT molecular complexity index is 5490. The highest BCUT2D eigenvalue weighted by atomic mass is 79.9. The molecule has 4 nitrogen and oxygen atoms in total. The molecule has 6 heteroatoms. The maximum Gasteiger partial charge on any atom is 0.494 e. The third-order valence-electron chi connectivity index (χ3n) is 20.8. The first kappa shape index (κ1) is 61.7. The van der Waals surface area contributed by atoms with E-state index >= 15 is 0 Å². The molecular formula is C90H70BBrN2O2. The lowest BCUT2D eigenvalue weighted by atomic mass is 9.76. The Labute approximate surface area is 572 Å². The molecule has 0 amide bonds. The van der Waals surface area contributed by atoms with Crippen LogP contribution < -0.4 is 5.46 Å². The lowest BCUT2D eigenvalue weighted by molar-refractivity contribution is 0.00578. The van der Waals surface area contributed by atoms with Gasteiger partial charge in [0.1, 0.15) is 0 Å². The van der Waals surface area contributed by atoms with Crippen LogP contribution in [0.3, 0.4) is 0 Å². The van der Waals surface area contributed by atoms with Crippen molar-refractivity contribution in [2.45, 2.75) is 77.4 Å². The van der Waals surface area contributed by atoms with Gasteiger partial charge in [-0.3, -0.25) is 0 Å². The van der Waals surface area contributed by atoms with E-state index in [-0.39, 0.29) is 22.0 Å². The molecule has 14 aromatic rings. The van der Waals surface area contributed by atoms with Gasteiger partial charge < -0.3 is 9.31 Å². The molecule has 14 aromatic carbocycles. The minimum Gasteiger partial charge on any atom is -0.399 e. The van der Waals surface area contributed by atoms with Gasteiger partial charge in [0.15, 0.2) is 0 Å². The summed E-state index contributed by atoms with van der Waals surface area (Å²) in [6.07, 6.45) is 0. The standard InChI is InChI=1S/C42H29N.C32H29BO2.C16H12BrN/c1-42(2)38-23-27(26-43)17-20-32(38)33-21-18-31(25-39(33)42)30-19-22-36-37(24-30)41(29-13-7-4-8-14-29)35-16-10-9-15-34(35)40(36)28-11-5-3-6-12-28;1-31(2)32(3,4)35-33(34-31)24-19-20-27-28(21-24)30(23-15-9-6-10-16-23)26-18-12-11-17-25(26)29(27)22-13-7-5-8-14-22;1-16(2)14-7-10(9-18)3-5-12(14)13-6-4-11(17)8-15(13)16/h3-25H,1-2H3;5-21H,1-4H3;3-8H,1-2H3. The molecule has 0 unspecified atom stereocenters. The van der Waals surface area contributed by atoms with E-state index in [1.165, 1.54) is 143 Å². The molecule has 1 heterocycles. The zero-order valence-electron chi connectivity index (χ0n) is 55.2. The van der Waals surface area contributed by atoms with Crippen LogP contribution in [0.15, 0.2) is 284 Å². The highest BCUT2D eigenvalue weighted by Crippen LogP contribution is 2.53. The lowest BCUT2D eigenvalue weighted by Gasteiger charge is -2.32. The predicted molar refractivity (Wildman–Crippen MR) is 405 cm³/mol. The number of hydrogen-bond donors (Lipinski definition) is 0. The van der Waals surface area contributed by atoms with Crippen molar-refractivity contribution in [3.63, 3.8) is 0 Å². The highest BCUT2D eigenvalue weighted by molar-refractivity contribution is 9.10. The molecule has 96 heavy (non-hydrogen) atoms.